The zero-order valence-corrected chi connectivity index (χ0v) is 16.4. The highest BCUT2D eigenvalue weighted by Gasteiger charge is 2.12. The maximum absolute atomic E-state index is 4.73. The quantitative estimate of drug-likeness (QED) is 0.408. The van der Waals surface area contributed by atoms with Crippen LogP contribution in [-0.2, 0) is 0 Å². The second-order valence-corrected chi connectivity index (χ2v) is 7.40. The summed E-state index contributed by atoms with van der Waals surface area (Å²) in [6.45, 7) is 16.2. The van der Waals surface area contributed by atoms with Gasteiger partial charge in [0.2, 0.25) is 0 Å². The molecule has 2 N–H and O–H groups in total. The van der Waals surface area contributed by atoms with Gasteiger partial charge >= 0.3 is 0 Å². The van der Waals surface area contributed by atoms with Gasteiger partial charge in [-0.15, -0.1) is 11.3 Å². The van der Waals surface area contributed by atoms with Crippen LogP contribution in [0.5, 0.6) is 0 Å². The first-order valence-corrected chi connectivity index (χ1v) is 9.67. The fourth-order valence-corrected chi connectivity index (χ4v) is 3.43. The first kappa shape index (κ1) is 20.0. The van der Waals surface area contributed by atoms with Crippen molar-refractivity contribution in [2.24, 2.45) is 4.99 Å². The molecule has 1 unspecified atom stereocenters. The predicted octanol–water partition coefficient (Wildman–Crippen LogP) is 3.87. The molecule has 4 nitrogen and oxygen atoms in total. The number of thiophene rings is 1. The van der Waals surface area contributed by atoms with Gasteiger partial charge in [-0.3, -0.25) is 9.89 Å². The van der Waals surface area contributed by atoms with E-state index in [4.69, 9.17) is 4.99 Å². The van der Waals surface area contributed by atoms with Gasteiger partial charge in [-0.2, -0.15) is 0 Å². The van der Waals surface area contributed by atoms with Gasteiger partial charge in [0.05, 0.1) is 6.04 Å². The SMILES string of the molecule is CCNC(=NCCCN(C(C)C)C(C)C)NC(C)c1cccs1. The lowest BCUT2D eigenvalue weighted by Crippen LogP contribution is -2.39. The van der Waals surface area contributed by atoms with Crippen molar-refractivity contribution in [3.8, 4) is 0 Å². The van der Waals surface area contributed by atoms with E-state index in [1.165, 1.54) is 4.88 Å². The zero-order chi connectivity index (χ0) is 17.2. The molecule has 1 aromatic heterocycles. The van der Waals surface area contributed by atoms with Crippen LogP contribution < -0.4 is 10.6 Å². The smallest absolute Gasteiger partial charge is 0.191 e. The summed E-state index contributed by atoms with van der Waals surface area (Å²) in [5, 5.41) is 8.94. The van der Waals surface area contributed by atoms with Crippen LogP contribution in [-0.4, -0.2) is 42.6 Å². The number of hydrogen-bond acceptors (Lipinski definition) is 3. The maximum atomic E-state index is 4.73. The van der Waals surface area contributed by atoms with Crippen molar-refractivity contribution in [2.45, 2.75) is 66.1 Å². The molecule has 23 heavy (non-hydrogen) atoms. The fourth-order valence-electron chi connectivity index (χ4n) is 2.69. The normalized spacial score (nSPS) is 13.9. The second-order valence-electron chi connectivity index (χ2n) is 6.42. The van der Waals surface area contributed by atoms with Gasteiger partial charge in [0, 0.05) is 36.6 Å². The Labute approximate surface area is 146 Å². The highest BCUT2D eigenvalue weighted by atomic mass is 32.1. The average Bonchev–Trinajstić information content (AvgIpc) is 3.00. The first-order valence-electron chi connectivity index (χ1n) is 8.79. The third kappa shape index (κ3) is 7.36. The summed E-state index contributed by atoms with van der Waals surface area (Å²) in [5.41, 5.74) is 0. The number of nitrogens with one attached hydrogen (secondary N) is 2. The largest absolute Gasteiger partial charge is 0.357 e. The van der Waals surface area contributed by atoms with Gasteiger partial charge in [-0.1, -0.05) is 6.07 Å². The number of rotatable bonds is 9. The summed E-state index contributed by atoms with van der Waals surface area (Å²) in [4.78, 5) is 8.58. The Bertz CT molecular complexity index is 432. The van der Waals surface area contributed by atoms with Crippen LogP contribution >= 0.6 is 11.3 Å². The zero-order valence-electron chi connectivity index (χ0n) is 15.6. The van der Waals surface area contributed by atoms with E-state index in [0.717, 1.165) is 32.0 Å². The van der Waals surface area contributed by atoms with Crippen LogP contribution in [0, 0.1) is 0 Å². The molecule has 132 valence electrons. The Hall–Kier alpha value is -1.07. The van der Waals surface area contributed by atoms with Gasteiger partial charge < -0.3 is 10.6 Å². The topological polar surface area (TPSA) is 39.7 Å². The van der Waals surface area contributed by atoms with E-state index >= 15 is 0 Å². The van der Waals surface area contributed by atoms with Crippen molar-refractivity contribution >= 4 is 17.3 Å². The molecular weight excluding hydrogens is 304 g/mol. The van der Waals surface area contributed by atoms with Crippen molar-refractivity contribution in [2.75, 3.05) is 19.6 Å². The van der Waals surface area contributed by atoms with E-state index in [0.29, 0.717) is 12.1 Å². The molecule has 0 fully saturated rings. The van der Waals surface area contributed by atoms with E-state index in [9.17, 15) is 0 Å². The Morgan fingerprint density at radius 1 is 1.22 bits per heavy atom. The van der Waals surface area contributed by atoms with E-state index in [1.54, 1.807) is 11.3 Å². The van der Waals surface area contributed by atoms with E-state index in [1.807, 2.05) is 0 Å². The number of hydrogen-bond donors (Lipinski definition) is 2. The second kappa shape index (κ2) is 10.7. The summed E-state index contributed by atoms with van der Waals surface area (Å²) in [6, 6.07) is 5.72. The van der Waals surface area contributed by atoms with Crippen LogP contribution in [0.15, 0.2) is 22.5 Å². The van der Waals surface area contributed by atoms with Crippen molar-refractivity contribution < 1.29 is 0 Å². The van der Waals surface area contributed by atoms with Gasteiger partial charge in [0.15, 0.2) is 5.96 Å². The molecule has 1 heterocycles. The monoisotopic (exact) mass is 338 g/mol. The lowest BCUT2D eigenvalue weighted by molar-refractivity contribution is 0.174. The standard InChI is InChI=1S/C18H34N4S/c1-7-19-18(21-16(6)17-10-8-13-23-17)20-11-9-12-22(14(2)3)15(4)5/h8,10,13-16H,7,9,11-12H2,1-6H3,(H2,19,20,21). The van der Waals surface area contributed by atoms with E-state index < -0.39 is 0 Å². The van der Waals surface area contributed by atoms with Gasteiger partial charge in [-0.05, 0) is 59.4 Å². The number of nitrogens with zero attached hydrogens (tertiary/aromatic N) is 2. The summed E-state index contributed by atoms with van der Waals surface area (Å²) in [6.07, 6.45) is 1.08. The van der Waals surface area contributed by atoms with Gasteiger partial charge in [0.25, 0.3) is 0 Å². The molecular formula is C18H34N4S. The minimum atomic E-state index is 0.288. The predicted molar refractivity (Wildman–Crippen MR) is 103 cm³/mol. The molecule has 0 amide bonds. The number of aliphatic imine (C=N–C) groups is 1. The van der Waals surface area contributed by atoms with Crippen LogP contribution in [0.25, 0.3) is 0 Å². The number of guanidine groups is 1. The Morgan fingerprint density at radius 3 is 2.43 bits per heavy atom. The Morgan fingerprint density at radius 2 is 1.91 bits per heavy atom. The third-order valence-electron chi connectivity index (χ3n) is 3.84. The van der Waals surface area contributed by atoms with Crippen LogP contribution in [0.3, 0.4) is 0 Å². The highest BCUT2D eigenvalue weighted by Crippen LogP contribution is 2.17. The van der Waals surface area contributed by atoms with Crippen molar-refractivity contribution in [3.63, 3.8) is 0 Å². The maximum Gasteiger partial charge on any atom is 0.191 e. The van der Waals surface area contributed by atoms with Gasteiger partial charge in [-0.25, -0.2) is 0 Å². The summed E-state index contributed by atoms with van der Waals surface area (Å²) in [7, 11) is 0. The van der Waals surface area contributed by atoms with E-state index in [-0.39, 0.29) is 6.04 Å². The third-order valence-corrected chi connectivity index (χ3v) is 4.89. The minimum Gasteiger partial charge on any atom is -0.357 e. The summed E-state index contributed by atoms with van der Waals surface area (Å²) in [5.74, 6) is 0.911. The molecule has 1 rings (SSSR count). The molecule has 0 saturated heterocycles. The summed E-state index contributed by atoms with van der Waals surface area (Å²) >= 11 is 1.78. The lowest BCUT2D eigenvalue weighted by Gasteiger charge is -2.30. The van der Waals surface area contributed by atoms with E-state index in [2.05, 4.69) is 74.6 Å². The summed E-state index contributed by atoms with van der Waals surface area (Å²) < 4.78 is 0. The first-order chi connectivity index (χ1) is 11.0. The molecule has 0 aliphatic rings. The molecule has 1 aromatic rings. The molecule has 0 aliphatic heterocycles. The fraction of sp³-hybridized carbons (Fsp3) is 0.722. The average molecular weight is 339 g/mol. The molecule has 0 saturated carbocycles. The van der Waals surface area contributed by atoms with Crippen LogP contribution in [0.4, 0.5) is 0 Å². The lowest BCUT2D eigenvalue weighted by atomic mass is 10.2. The minimum absolute atomic E-state index is 0.288. The molecule has 0 aromatic carbocycles. The van der Waals surface area contributed by atoms with Crippen molar-refractivity contribution in [1.29, 1.82) is 0 Å². The van der Waals surface area contributed by atoms with Crippen molar-refractivity contribution in [3.05, 3.63) is 22.4 Å². The molecule has 0 aliphatic carbocycles. The molecule has 0 bridgehead atoms. The van der Waals surface area contributed by atoms with Gasteiger partial charge in [0.1, 0.15) is 0 Å². The van der Waals surface area contributed by atoms with Crippen molar-refractivity contribution in [1.82, 2.24) is 15.5 Å². The highest BCUT2D eigenvalue weighted by molar-refractivity contribution is 7.10. The molecule has 0 spiro atoms. The molecule has 1 atom stereocenters. The molecule has 5 heteroatoms. The van der Waals surface area contributed by atoms with Crippen LogP contribution in [0.1, 0.15) is 58.9 Å². The Balaban J connectivity index is 2.48. The van der Waals surface area contributed by atoms with Crippen LogP contribution in [0.2, 0.25) is 0 Å². The Kier molecular flexibility index (Phi) is 9.26. The molecule has 0 radical (unpaired) electrons.